The molecule has 2 amide bonds. The molecule has 0 bridgehead atoms. The zero-order chi connectivity index (χ0) is 20.6. The standard InChI is InChI=1S/C23H30IN3O2/c1-18-3-5-20(6-4-18)16-27(21-11-13-26(17-24)14-12-21)23(28)25-15-19-7-9-22(29-2)10-8-19/h3-10,21H,11-17H2,1-2H3,(H,25,28). The predicted octanol–water partition coefficient (Wildman–Crippen LogP) is 4.57. The highest BCUT2D eigenvalue weighted by Gasteiger charge is 2.27. The minimum atomic E-state index is 0.00863. The lowest BCUT2D eigenvalue weighted by Crippen LogP contribution is -2.50. The number of piperidine rings is 1. The number of alkyl halides is 1. The monoisotopic (exact) mass is 507 g/mol. The van der Waals surface area contributed by atoms with Crippen LogP contribution in [0.5, 0.6) is 5.75 Å². The van der Waals surface area contributed by atoms with Gasteiger partial charge in [0.2, 0.25) is 0 Å². The topological polar surface area (TPSA) is 44.8 Å². The van der Waals surface area contributed by atoms with Crippen molar-refractivity contribution >= 4 is 28.6 Å². The van der Waals surface area contributed by atoms with Gasteiger partial charge in [-0.05, 0) is 43.0 Å². The van der Waals surface area contributed by atoms with Gasteiger partial charge in [-0.3, -0.25) is 4.90 Å². The molecule has 1 N–H and O–H groups in total. The van der Waals surface area contributed by atoms with Gasteiger partial charge in [0.05, 0.1) is 11.7 Å². The van der Waals surface area contributed by atoms with Gasteiger partial charge in [-0.15, -0.1) is 0 Å². The van der Waals surface area contributed by atoms with Crippen LogP contribution in [0.25, 0.3) is 0 Å². The van der Waals surface area contributed by atoms with E-state index in [-0.39, 0.29) is 12.1 Å². The molecule has 2 aromatic rings. The van der Waals surface area contributed by atoms with Gasteiger partial charge in [0.15, 0.2) is 0 Å². The van der Waals surface area contributed by atoms with Crippen LogP contribution < -0.4 is 10.1 Å². The van der Waals surface area contributed by atoms with E-state index in [1.54, 1.807) is 7.11 Å². The first kappa shape index (κ1) is 21.9. The van der Waals surface area contributed by atoms with Crippen LogP contribution in [-0.2, 0) is 13.1 Å². The highest BCUT2D eigenvalue weighted by Crippen LogP contribution is 2.20. The molecule has 0 radical (unpaired) electrons. The lowest BCUT2D eigenvalue weighted by Gasteiger charge is -2.38. The molecule has 5 nitrogen and oxygen atoms in total. The molecule has 2 aromatic carbocycles. The molecule has 1 aliphatic rings. The van der Waals surface area contributed by atoms with Crippen molar-refractivity contribution in [1.29, 1.82) is 0 Å². The first-order valence-corrected chi connectivity index (χ1v) is 11.6. The van der Waals surface area contributed by atoms with Gasteiger partial charge >= 0.3 is 6.03 Å². The lowest BCUT2D eigenvalue weighted by atomic mass is 10.0. The van der Waals surface area contributed by atoms with Gasteiger partial charge in [0.1, 0.15) is 5.75 Å². The quantitative estimate of drug-likeness (QED) is 0.339. The summed E-state index contributed by atoms with van der Waals surface area (Å²) in [6.45, 7) is 5.33. The third-order valence-electron chi connectivity index (χ3n) is 5.50. The minimum Gasteiger partial charge on any atom is -0.497 e. The molecule has 1 saturated heterocycles. The van der Waals surface area contributed by atoms with E-state index < -0.39 is 0 Å². The van der Waals surface area contributed by atoms with Crippen molar-refractivity contribution in [2.24, 2.45) is 0 Å². The van der Waals surface area contributed by atoms with Crippen LogP contribution in [0.1, 0.15) is 29.5 Å². The largest absolute Gasteiger partial charge is 0.497 e. The van der Waals surface area contributed by atoms with Crippen molar-refractivity contribution in [2.75, 3.05) is 24.8 Å². The number of aryl methyl sites for hydroxylation is 1. The van der Waals surface area contributed by atoms with Crippen molar-refractivity contribution in [3.8, 4) is 5.75 Å². The smallest absolute Gasteiger partial charge is 0.318 e. The summed E-state index contributed by atoms with van der Waals surface area (Å²) in [6, 6.07) is 16.6. The number of methoxy groups -OCH3 is 1. The second-order valence-electron chi connectivity index (χ2n) is 7.59. The number of benzene rings is 2. The number of amides is 2. The van der Waals surface area contributed by atoms with Crippen molar-refractivity contribution < 1.29 is 9.53 Å². The Bertz CT molecular complexity index is 772. The second-order valence-corrected chi connectivity index (χ2v) is 8.27. The Kier molecular flexibility index (Phi) is 8.18. The molecule has 0 aliphatic carbocycles. The summed E-state index contributed by atoms with van der Waals surface area (Å²) >= 11 is 2.42. The number of hydrogen-bond donors (Lipinski definition) is 1. The van der Waals surface area contributed by atoms with Crippen LogP contribution in [-0.4, -0.2) is 46.6 Å². The Morgan fingerprint density at radius 3 is 2.31 bits per heavy atom. The molecule has 6 heteroatoms. The number of ether oxygens (including phenoxy) is 1. The van der Waals surface area contributed by atoms with Crippen LogP contribution in [0.2, 0.25) is 0 Å². The first-order valence-electron chi connectivity index (χ1n) is 10.1. The Labute approximate surface area is 187 Å². The summed E-state index contributed by atoms with van der Waals surface area (Å²) in [7, 11) is 1.66. The Morgan fingerprint density at radius 1 is 1.10 bits per heavy atom. The summed E-state index contributed by atoms with van der Waals surface area (Å²) in [4.78, 5) is 17.6. The van der Waals surface area contributed by atoms with E-state index in [9.17, 15) is 4.79 Å². The number of halogens is 1. The van der Waals surface area contributed by atoms with E-state index in [0.717, 1.165) is 41.8 Å². The Balaban J connectivity index is 1.66. The summed E-state index contributed by atoms with van der Waals surface area (Å²) in [5.41, 5.74) is 3.47. The van der Waals surface area contributed by atoms with Crippen LogP contribution in [0.3, 0.4) is 0 Å². The molecule has 0 unspecified atom stereocenters. The van der Waals surface area contributed by atoms with E-state index in [1.165, 1.54) is 11.1 Å². The van der Waals surface area contributed by atoms with Gasteiger partial charge in [-0.2, -0.15) is 0 Å². The van der Waals surface area contributed by atoms with Gasteiger partial charge in [0, 0.05) is 32.2 Å². The van der Waals surface area contributed by atoms with E-state index in [2.05, 4.69) is 64.0 Å². The fourth-order valence-corrected chi connectivity index (χ4v) is 4.31. The predicted molar refractivity (Wildman–Crippen MR) is 125 cm³/mol. The van der Waals surface area contributed by atoms with Crippen LogP contribution in [0.4, 0.5) is 4.79 Å². The molecular weight excluding hydrogens is 477 g/mol. The second kappa shape index (κ2) is 10.8. The maximum absolute atomic E-state index is 13.1. The van der Waals surface area contributed by atoms with Crippen molar-refractivity contribution in [3.05, 3.63) is 65.2 Å². The molecule has 0 spiro atoms. The Morgan fingerprint density at radius 2 is 1.72 bits per heavy atom. The van der Waals surface area contributed by atoms with E-state index in [1.807, 2.05) is 29.2 Å². The minimum absolute atomic E-state index is 0.00863. The summed E-state index contributed by atoms with van der Waals surface area (Å²) in [5.74, 6) is 0.822. The zero-order valence-corrected chi connectivity index (χ0v) is 19.4. The van der Waals surface area contributed by atoms with Crippen LogP contribution >= 0.6 is 22.6 Å². The summed E-state index contributed by atoms with van der Waals surface area (Å²) < 4.78 is 6.25. The number of likely N-dealkylation sites (tertiary alicyclic amines) is 1. The van der Waals surface area contributed by atoms with E-state index in [0.29, 0.717) is 13.1 Å². The molecular formula is C23H30IN3O2. The average molecular weight is 507 g/mol. The lowest BCUT2D eigenvalue weighted by molar-refractivity contribution is 0.126. The molecule has 3 rings (SSSR count). The van der Waals surface area contributed by atoms with Gasteiger partial charge in [0.25, 0.3) is 0 Å². The first-order chi connectivity index (χ1) is 14.1. The number of carbonyl (C=O) groups is 1. The number of rotatable bonds is 7. The highest BCUT2D eigenvalue weighted by atomic mass is 127. The van der Waals surface area contributed by atoms with Crippen molar-refractivity contribution in [2.45, 2.75) is 38.9 Å². The number of hydrogen-bond acceptors (Lipinski definition) is 3. The van der Waals surface area contributed by atoms with Crippen LogP contribution in [0.15, 0.2) is 48.5 Å². The third kappa shape index (κ3) is 6.34. The molecule has 156 valence electrons. The molecule has 1 aliphatic heterocycles. The third-order valence-corrected chi connectivity index (χ3v) is 6.47. The van der Waals surface area contributed by atoms with Gasteiger partial charge in [-0.1, -0.05) is 64.6 Å². The maximum Gasteiger partial charge on any atom is 0.318 e. The fourth-order valence-electron chi connectivity index (χ4n) is 3.63. The highest BCUT2D eigenvalue weighted by molar-refractivity contribution is 14.1. The molecule has 0 saturated carbocycles. The molecule has 1 fully saturated rings. The number of carbonyl (C=O) groups excluding carboxylic acids is 1. The molecule has 0 atom stereocenters. The molecule has 1 heterocycles. The van der Waals surface area contributed by atoms with Gasteiger partial charge in [-0.25, -0.2) is 4.79 Å². The van der Waals surface area contributed by atoms with Crippen LogP contribution in [0, 0.1) is 6.92 Å². The van der Waals surface area contributed by atoms with Crippen molar-refractivity contribution in [3.63, 3.8) is 0 Å². The normalized spacial score (nSPS) is 15.1. The Hall–Kier alpha value is -1.80. The number of urea groups is 1. The summed E-state index contributed by atoms with van der Waals surface area (Å²) in [6.07, 6.45) is 2.04. The SMILES string of the molecule is COc1ccc(CNC(=O)N(Cc2ccc(C)cc2)C2CCN(CI)CC2)cc1. The number of nitrogens with one attached hydrogen (secondary N) is 1. The van der Waals surface area contributed by atoms with E-state index >= 15 is 0 Å². The number of nitrogens with zero attached hydrogens (tertiary/aromatic N) is 2. The van der Waals surface area contributed by atoms with Crippen molar-refractivity contribution in [1.82, 2.24) is 15.1 Å². The summed E-state index contributed by atoms with van der Waals surface area (Å²) in [5, 5.41) is 3.12. The fraction of sp³-hybridized carbons (Fsp3) is 0.435. The van der Waals surface area contributed by atoms with E-state index in [4.69, 9.17) is 4.74 Å². The molecule has 0 aromatic heterocycles. The molecule has 29 heavy (non-hydrogen) atoms. The van der Waals surface area contributed by atoms with Gasteiger partial charge < -0.3 is 15.0 Å². The zero-order valence-electron chi connectivity index (χ0n) is 17.2. The average Bonchev–Trinajstić information content (AvgIpc) is 2.77. The maximum atomic E-state index is 13.1.